The second kappa shape index (κ2) is 32.2. The highest BCUT2D eigenvalue weighted by Gasteiger charge is 2.51. The third-order valence-corrected chi connectivity index (χ3v) is 12.1. The summed E-state index contributed by atoms with van der Waals surface area (Å²) in [5.41, 5.74) is 0. The largest absolute Gasteiger partial charge is 0.463 e. The van der Waals surface area contributed by atoms with Gasteiger partial charge in [0.1, 0.15) is 68.1 Å². The van der Waals surface area contributed by atoms with Gasteiger partial charge in [-0.25, -0.2) is 0 Å². The van der Waals surface area contributed by atoms with Gasteiger partial charge < -0.3 is 64.2 Å². The van der Waals surface area contributed by atoms with Gasteiger partial charge in [0.15, 0.2) is 12.6 Å². The van der Waals surface area contributed by atoms with Crippen molar-refractivity contribution in [3.8, 4) is 0 Å². The van der Waals surface area contributed by atoms with Crippen LogP contribution in [0.25, 0.3) is 0 Å². The predicted molar refractivity (Wildman–Crippen MR) is 224 cm³/mol. The van der Waals surface area contributed by atoms with Crippen LogP contribution in [0.1, 0.15) is 169 Å². The van der Waals surface area contributed by atoms with Crippen molar-refractivity contribution in [2.75, 3.05) is 26.4 Å². The second-order valence-electron chi connectivity index (χ2n) is 17.4. The van der Waals surface area contributed by atoms with E-state index >= 15 is 0 Å². The zero-order chi connectivity index (χ0) is 44.3. The van der Waals surface area contributed by atoms with Crippen LogP contribution in [0, 0.1) is 11.8 Å². The smallest absolute Gasteiger partial charge is 0.305 e. The van der Waals surface area contributed by atoms with Gasteiger partial charge in [0.2, 0.25) is 0 Å². The Labute approximate surface area is 359 Å². The highest BCUT2D eigenvalue weighted by molar-refractivity contribution is 5.69. The van der Waals surface area contributed by atoms with E-state index in [1.165, 1.54) is 77.0 Å². The summed E-state index contributed by atoms with van der Waals surface area (Å²) in [4.78, 5) is 25.0. The molecule has 0 aromatic heterocycles. The van der Waals surface area contributed by atoms with E-state index in [2.05, 4.69) is 27.7 Å². The fourth-order valence-corrected chi connectivity index (χ4v) is 7.49. The number of carbonyl (C=O) groups is 2. The van der Waals surface area contributed by atoms with Gasteiger partial charge in [-0.2, -0.15) is 0 Å². The van der Waals surface area contributed by atoms with Crippen LogP contribution >= 0.6 is 0 Å². The Morgan fingerprint density at radius 3 is 1.52 bits per heavy atom. The molecular formula is C45H84O15. The topological polar surface area (TPSA) is 231 Å². The lowest BCUT2D eigenvalue weighted by Gasteiger charge is -2.46. The molecule has 0 spiro atoms. The molecule has 60 heavy (non-hydrogen) atoms. The van der Waals surface area contributed by atoms with Gasteiger partial charge in [-0.05, 0) is 24.7 Å². The lowest BCUT2D eigenvalue weighted by atomic mass is 9.97. The Morgan fingerprint density at radius 1 is 0.550 bits per heavy atom. The highest BCUT2D eigenvalue weighted by Crippen LogP contribution is 2.30. The van der Waals surface area contributed by atoms with Crippen LogP contribution in [0.2, 0.25) is 0 Å². The molecule has 0 radical (unpaired) electrons. The van der Waals surface area contributed by atoms with E-state index in [4.69, 9.17) is 28.4 Å². The normalized spacial score (nSPS) is 28.6. The van der Waals surface area contributed by atoms with Crippen molar-refractivity contribution in [2.45, 2.75) is 236 Å². The molecule has 2 heterocycles. The molecule has 2 fully saturated rings. The molecule has 2 aliphatic heterocycles. The Hall–Kier alpha value is -1.50. The lowest BCUT2D eigenvalue weighted by Crippen LogP contribution is -2.65. The molecule has 15 heteroatoms. The van der Waals surface area contributed by atoms with Crippen LogP contribution in [-0.2, 0) is 38.0 Å². The van der Waals surface area contributed by atoms with Crippen LogP contribution in [-0.4, -0.2) is 142 Å². The van der Waals surface area contributed by atoms with Gasteiger partial charge in [-0.3, -0.25) is 9.59 Å². The van der Waals surface area contributed by atoms with Gasteiger partial charge >= 0.3 is 11.9 Å². The number of carbonyl (C=O) groups excluding carboxylic acids is 2. The van der Waals surface area contributed by atoms with Crippen LogP contribution < -0.4 is 0 Å². The van der Waals surface area contributed by atoms with Gasteiger partial charge in [0, 0.05) is 12.8 Å². The van der Waals surface area contributed by atoms with Crippen molar-refractivity contribution in [1.82, 2.24) is 0 Å². The maximum atomic E-state index is 12.7. The fraction of sp³-hybridized carbons (Fsp3) is 0.956. The molecule has 0 aliphatic carbocycles. The zero-order valence-electron chi connectivity index (χ0n) is 37.3. The van der Waals surface area contributed by atoms with Gasteiger partial charge in [0.05, 0.1) is 13.2 Å². The molecule has 354 valence electrons. The first-order valence-electron chi connectivity index (χ1n) is 23.4. The van der Waals surface area contributed by atoms with Crippen molar-refractivity contribution in [1.29, 1.82) is 0 Å². The van der Waals surface area contributed by atoms with Crippen molar-refractivity contribution >= 4 is 11.9 Å². The zero-order valence-corrected chi connectivity index (χ0v) is 37.3. The van der Waals surface area contributed by atoms with E-state index < -0.39 is 99.3 Å². The van der Waals surface area contributed by atoms with E-state index in [0.29, 0.717) is 12.8 Å². The molecule has 2 saturated heterocycles. The Morgan fingerprint density at radius 2 is 1.02 bits per heavy atom. The molecule has 3 unspecified atom stereocenters. The second-order valence-corrected chi connectivity index (χ2v) is 17.4. The number of hydrogen-bond acceptors (Lipinski definition) is 15. The Bertz CT molecular complexity index is 1100. The molecule has 0 bridgehead atoms. The lowest BCUT2D eigenvalue weighted by molar-refractivity contribution is -0.361. The van der Waals surface area contributed by atoms with Crippen LogP contribution in [0.4, 0.5) is 0 Å². The van der Waals surface area contributed by atoms with E-state index in [1.54, 1.807) is 0 Å². The molecular weight excluding hydrogens is 780 g/mol. The molecule has 2 aliphatic rings. The summed E-state index contributed by atoms with van der Waals surface area (Å²) in [7, 11) is 0. The highest BCUT2D eigenvalue weighted by atomic mass is 16.7. The summed E-state index contributed by atoms with van der Waals surface area (Å²) >= 11 is 0. The van der Waals surface area contributed by atoms with Crippen molar-refractivity contribution < 1.29 is 73.8 Å². The Kier molecular flexibility index (Phi) is 29.3. The monoisotopic (exact) mass is 865 g/mol. The van der Waals surface area contributed by atoms with Gasteiger partial charge in [-0.1, -0.05) is 143 Å². The quantitative estimate of drug-likeness (QED) is 0.0334. The molecule has 13 atom stereocenters. The number of aliphatic hydroxyl groups is 7. The number of ether oxygens (including phenoxy) is 6. The maximum absolute atomic E-state index is 12.7. The van der Waals surface area contributed by atoms with Gasteiger partial charge in [0.25, 0.3) is 0 Å². The minimum atomic E-state index is -1.83. The SMILES string of the molecule is CCC(C)CCCCCCCCCCC(=O)OCC(O)CO[C@H]1O[C@H](COC(=O)CCCCCCCCCCC(C)CC)[C@@H](O)[C@H](O[C@H]2O[C@H](CO)[C@@H](O)[C@H](O)[C@H]2O)[C@@H]1O. The summed E-state index contributed by atoms with van der Waals surface area (Å²) in [6, 6.07) is 0. The Balaban J connectivity index is 1.82. The first-order valence-corrected chi connectivity index (χ1v) is 23.4. The van der Waals surface area contributed by atoms with Crippen LogP contribution in [0.5, 0.6) is 0 Å². The number of esters is 2. The number of aliphatic hydroxyl groups excluding tert-OH is 7. The minimum absolute atomic E-state index is 0.161. The number of rotatable bonds is 34. The van der Waals surface area contributed by atoms with Crippen molar-refractivity contribution in [2.24, 2.45) is 11.8 Å². The standard InChI is InChI=1S/C45H84O15/c1-5-31(3)23-19-15-11-7-9-13-17-21-25-36(48)55-28-33(47)29-57-44-42(54)43(60-45-41(53)40(52)38(50)34(27-46)58-45)39(51)35(59-44)30-56-37(49)26-22-18-14-10-8-12-16-20-24-32(4)6-2/h31-35,38-47,50-54H,5-30H2,1-4H3/t31?,32?,33?,34-,35-,38-,39-,40+,41-,42+,43+,44+,45-/m1/s1. The van der Waals surface area contributed by atoms with Crippen LogP contribution in [0.15, 0.2) is 0 Å². The average Bonchev–Trinajstić information content (AvgIpc) is 3.24. The minimum Gasteiger partial charge on any atom is -0.463 e. The molecule has 7 N–H and O–H groups in total. The summed E-state index contributed by atoms with van der Waals surface area (Å²) in [6.07, 6.45) is 5.19. The maximum Gasteiger partial charge on any atom is 0.305 e. The van der Waals surface area contributed by atoms with E-state index in [-0.39, 0.29) is 19.4 Å². The molecule has 0 amide bonds. The molecule has 2 rings (SSSR count). The van der Waals surface area contributed by atoms with Crippen molar-refractivity contribution in [3.63, 3.8) is 0 Å². The van der Waals surface area contributed by atoms with Crippen molar-refractivity contribution in [3.05, 3.63) is 0 Å². The summed E-state index contributed by atoms with van der Waals surface area (Å²) < 4.78 is 33.2. The molecule has 0 saturated carbocycles. The van der Waals surface area contributed by atoms with Gasteiger partial charge in [-0.15, -0.1) is 0 Å². The fourth-order valence-electron chi connectivity index (χ4n) is 7.49. The predicted octanol–water partition coefficient (Wildman–Crippen LogP) is 4.98. The number of hydrogen-bond donors (Lipinski definition) is 7. The van der Waals surface area contributed by atoms with E-state index in [1.807, 2.05) is 0 Å². The third kappa shape index (κ3) is 21.7. The summed E-state index contributed by atoms with van der Waals surface area (Å²) in [6.45, 7) is 7.04. The summed E-state index contributed by atoms with van der Waals surface area (Å²) in [5.74, 6) is 0.623. The molecule has 15 nitrogen and oxygen atoms in total. The molecule has 0 aromatic rings. The molecule has 0 aromatic carbocycles. The van der Waals surface area contributed by atoms with E-state index in [9.17, 15) is 45.3 Å². The van der Waals surface area contributed by atoms with E-state index in [0.717, 1.165) is 50.4 Å². The third-order valence-electron chi connectivity index (χ3n) is 12.1. The first-order chi connectivity index (χ1) is 28.8. The van der Waals surface area contributed by atoms with Crippen LogP contribution in [0.3, 0.4) is 0 Å². The summed E-state index contributed by atoms with van der Waals surface area (Å²) in [5, 5.41) is 73.6. The average molecular weight is 865 g/mol. The number of unbranched alkanes of at least 4 members (excludes halogenated alkanes) is 14. The first kappa shape index (κ1) is 54.6.